The second-order valence-electron chi connectivity index (χ2n) is 4.97. The smallest absolute Gasteiger partial charge is 0.182 e. The van der Waals surface area contributed by atoms with Gasteiger partial charge in [0.2, 0.25) is 0 Å². The third-order valence-electron chi connectivity index (χ3n) is 3.13. The molecule has 3 nitrogen and oxygen atoms in total. The van der Waals surface area contributed by atoms with Gasteiger partial charge in [-0.15, -0.1) is 23.2 Å². The highest BCUT2D eigenvalue weighted by atomic mass is 35.5. The summed E-state index contributed by atoms with van der Waals surface area (Å²) in [5.41, 5.74) is 14.6. The predicted molar refractivity (Wildman–Crippen MR) is 89.0 cm³/mol. The van der Waals surface area contributed by atoms with E-state index >= 15 is 0 Å². The van der Waals surface area contributed by atoms with Crippen LogP contribution in [-0.2, 0) is 0 Å². The van der Waals surface area contributed by atoms with E-state index in [9.17, 15) is 4.79 Å². The number of benzene rings is 2. The van der Waals surface area contributed by atoms with Crippen molar-refractivity contribution < 1.29 is 4.79 Å². The number of alkyl halides is 2. The van der Waals surface area contributed by atoms with Gasteiger partial charge in [-0.1, -0.05) is 23.8 Å². The molecule has 2 atom stereocenters. The van der Waals surface area contributed by atoms with Crippen molar-refractivity contribution in [2.45, 2.75) is 17.7 Å². The van der Waals surface area contributed by atoms with Gasteiger partial charge in [-0.25, -0.2) is 0 Å². The molecule has 2 unspecified atom stereocenters. The van der Waals surface area contributed by atoms with Gasteiger partial charge in [0.25, 0.3) is 0 Å². The minimum absolute atomic E-state index is 0.221. The average Bonchev–Trinajstić information content (AvgIpc) is 2.44. The molecule has 0 aliphatic heterocycles. The maximum atomic E-state index is 12.4. The fraction of sp³-hybridized carbons (Fsp3) is 0.188. The molecule has 4 N–H and O–H groups in total. The molecule has 0 fully saturated rings. The molecule has 2 rings (SSSR count). The van der Waals surface area contributed by atoms with Gasteiger partial charge in [-0.3, -0.25) is 4.79 Å². The van der Waals surface area contributed by atoms with Gasteiger partial charge in [-0.2, -0.15) is 0 Å². The molecule has 110 valence electrons. The number of halogens is 2. The van der Waals surface area contributed by atoms with Gasteiger partial charge >= 0.3 is 0 Å². The van der Waals surface area contributed by atoms with Gasteiger partial charge in [0.15, 0.2) is 5.78 Å². The predicted octanol–water partition coefficient (Wildman–Crippen LogP) is 3.93. The zero-order valence-corrected chi connectivity index (χ0v) is 13.0. The van der Waals surface area contributed by atoms with E-state index in [0.717, 1.165) is 5.56 Å². The highest BCUT2D eigenvalue weighted by molar-refractivity contribution is 6.39. The molecule has 0 aromatic heterocycles. The van der Waals surface area contributed by atoms with Crippen LogP contribution in [0.5, 0.6) is 0 Å². The Hall–Kier alpha value is -1.71. The first kappa shape index (κ1) is 15.7. The zero-order valence-electron chi connectivity index (χ0n) is 11.5. The fourth-order valence-electron chi connectivity index (χ4n) is 2.12. The van der Waals surface area contributed by atoms with E-state index in [1.54, 1.807) is 30.3 Å². The number of hydrogen-bond donors (Lipinski definition) is 2. The van der Waals surface area contributed by atoms with Crippen molar-refractivity contribution in [3.8, 4) is 0 Å². The summed E-state index contributed by atoms with van der Waals surface area (Å²) in [6, 6.07) is 12.2. The number of Topliss-reactive ketones (excluding diaryl/α,β-unsaturated/α-hetero) is 1. The van der Waals surface area contributed by atoms with Crippen molar-refractivity contribution in [3.63, 3.8) is 0 Å². The third-order valence-corrected chi connectivity index (χ3v) is 4.21. The largest absolute Gasteiger partial charge is 0.399 e. The molecule has 0 bridgehead atoms. The van der Waals surface area contributed by atoms with Crippen LogP contribution in [-0.4, -0.2) is 11.2 Å². The van der Waals surface area contributed by atoms with Crippen LogP contribution in [0.2, 0.25) is 0 Å². The van der Waals surface area contributed by atoms with Crippen molar-refractivity contribution in [1.29, 1.82) is 0 Å². The summed E-state index contributed by atoms with van der Waals surface area (Å²) in [4.78, 5) is 12.4. The Labute approximate surface area is 133 Å². The number of anilines is 2. The molecule has 0 radical (unpaired) electrons. The Bertz CT molecular complexity index is 653. The van der Waals surface area contributed by atoms with E-state index in [-0.39, 0.29) is 5.78 Å². The van der Waals surface area contributed by atoms with Gasteiger partial charge in [0, 0.05) is 16.9 Å². The van der Waals surface area contributed by atoms with Crippen molar-refractivity contribution in [2.75, 3.05) is 11.5 Å². The molecule has 0 heterocycles. The van der Waals surface area contributed by atoms with Crippen molar-refractivity contribution in [2.24, 2.45) is 0 Å². The number of aryl methyl sites for hydroxylation is 1. The van der Waals surface area contributed by atoms with Gasteiger partial charge in [0.1, 0.15) is 5.38 Å². The molecule has 0 spiro atoms. The van der Waals surface area contributed by atoms with Crippen LogP contribution in [0.15, 0.2) is 42.5 Å². The number of ketones is 1. The second kappa shape index (κ2) is 6.37. The summed E-state index contributed by atoms with van der Waals surface area (Å²) in [6.45, 7) is 1.91. The van der Waals surface area contributed by atoms with Crippen molar-refractivity contribution in [3.05, 3.63) is 59.2 Å². The molecular weight excluding hydrogens is 307 g/mol. The van der Waals surface area contributed by atoms with E-state index in [4.69, 9.17) is 34.7 Å². The zero-order chi connectivity index (χ0) is 15.6. The average molecular weight is 323 g/mol. The quantitative estimate of drug-likeness (QED) is 0.509. The molecule has 2 aromatic rings. The lowest BCUT2D eigenvalue weighted by atomic mass is 10.00. The molecule has 5 heteroatoms. The number of nitrogen functional groups attached to an aromatic ring is 2. The molecule has 0 amide bonds. The molecule has 21 heavy (non-hydrogen) atoms. The normalized spacial score (nSPS) is 13.7. The summed E-state index contributed by atoms with van der Waals surface area (Å²) in [5.74, 6) is -0.221. The van der Waals surface area contributed by atoms with Crippen LogP contribution >= 0.6 is 23.2 Å². The molecule has 0 saturated heterocycles. The lowest BCUT2D eigenvalue weighted by molar-refractivity contribution is 0.0985. The molecule has 2 aromatic carbocycles. The molecule has 0 aliphatic carbocycles. The van der Waals surface area contributed by atoms with Crippen LogP contribution in [0.1, 0.15) is 26.9 Å². The number of hydrogen-bond acceptors (Lipinski definition) is 3. The van der Waals surface area contributed by atoms with Crippen LogP contribution < -0.4 is 11.5 Å². The first-order chi connectivity index (χ1) is 9.88. The number of carbonyl (C=O) groups is 1. The van der Waals surface area contributed by atoms with E-state index in [1.165, 1.54) is 0 Å². The van der Waals surface area contributed by atoms with Crippen LogP contribution in [0.3, 0.4) is 0 Å². The summed E-state index contributed by atoms with van der Waals surface area (Å²) in [5, 5.41) is -1.60. The van der Waals surface area contributed by atoms with Crippen molar-refractivity contribution >= 4 is 40.4 Å². The van der Waals surface area contributed by atoms with Crippen LogP contribution in [0, 0.1) is 6.92 Å². The van der Waals surface area contributed by atoms with Gasteiger partial charge < -0.3 is 11.5 Å². The molecule has 0 aliphatic rings. The maximum Gasteiger partial charge on any atom is 0.182 e. The molecule has 0 saturated carbocycles. The number of rotatable bonds is 4. The second-order valence-corrected chi connectivity index (χ2v) is 5.91. The number of carbonyl (C=O) groups excluding carboxylic acids is 1. The van der Waals surface area contributed by atoms with E-state index < -0.39 is 10.8 Å². The molecular formula is C16H16Cl2N2O. The van der Waals surface area contributed by atoms with Crippen LogP contribution in [0.25, 0.3) is 0 Å². The Morgan fingerprint density at radius 3 is 2.24 bits per heavy atom. The minimum atomic E-state index is -0.894. The van der Waals surface area contributed by atoms with Crippen LogP contribution in [0.4, 0.5) is 11.4 Å². The topological polar surface area (TPSA) is 69.1 Å². The first-order valence-corrected chi connectivity index (χ1v) is 7.30. The Morgan fingerprint density at radius 1 is 1.05 bits per heavy atom. The minimum Gasteiger partial charge on any atom is -0.399 e. The summed E-state index contributed by atoms with van der Waals surface area (Å²) < 4.78 is 0. The Balaban J connectivity index is 2.26. The maximum absolute atomic E-state index is 12.4. The number of nitrogens with two attached hydrogens (primary N) is 2. The van der Waals surface area contributed by atoms with Crippen molar-refractivity contribution in [1.82, 2.24) is 0 Å². The van der Waals surface area contributed by atoms with E-state index in [1.807, 2.05) is 19.1 Å². The lowest BCUT2D eigenvalue weighted by Crippen LogP contribution is -2.20. The Kier molecular flexibility index (Phi) is 4.76. The summed E-state index contributed by atoms with van der Waals surface area (Å²) >= 11 is 12.6. The monoisotopic (exact) mass is 322 g/mol. The summed E-state index contributed by atoms with van der Waals surface area (Å²) in [7, 11) is 0. The highest BCUT2D eigenvalue weighted by Gasteiger charge is 2.27. The Morgan fingerprint density at radius 2 is 1.67 bits per heavy atom. The van der Waals surface area contributed by atoms with Gasteiger partial charge in [0.05, 0.1) is 5.38 Å². The highest BCUT2D eigenvalue weighted by Crippen LogP contribution is 2.32. The third kappa shape index (κ3) is 3.69. The fourth-order valence-corrected chi connectivity index (χ4v) is 2.63. The lowest BCUT2D eigenvalue weighted by Gasteiger charge is -2.17. The van der Waals surface area contributed by atoms with E-state index in [2.05, 4.69) is 0 Å². The SMILES string of the molecule is Cc1cccc(C(=O)C(Cl)C(Cl)c2cc(N)cc(N)c2)c1. The summed E-state index contributed by atoms with van der Waals surface area (Å²) in [6.07, 6.45) is 0. The van der Waals surface area contributed by atoms with Gasteiger partial charge in [-0.05, 0) is 36.8 Å². The first-order valence-electron chi connectivity index (χ1n) is 6.43. The standard InChI is InChI=1S/C16H16Cl2N2O/c1-9-3-2-4-10(5-9)16(21)15(18)14(17)11-6-12(19)8-13(20)7-11/h2-8,14-15H,19-20H2,1H3. The van der Waals surface area contributed by atoms with E-state index in [0.29, 0.717) is 22.5 Å².